The van der Waals surface area contributed by atoms with Crippen molar-refractivity contribution in [2.75, 3.05) is 0 Å². The van der Waals surface area contributed by atoms with Gasteiger partial charge in [-0.15, -0.1) is 0 Å². The van der Waals surface area contributed by atoms with E-state index in [1.807, 2.05) is 0 Å². The Kier molecular flexibility index (Phi) is 1.69. The molecule has 0 saturated carbocycles. The lowest BCUT2D eigenvalue weighted by atomic mass is 9.93. The second-order valence-corrected chi connectivity index (χ2v) is 4.34. The summed E-state index contributed by atoms with van der Waals surface area (Å²) in [5, 5.41) is 0. The Bertz CT molecular complexity index is 382. The third kappa shape index (κ3) is 1.28. The van der Waals surface area contributed by atoms with Crippen LogP contribution in [0.4, 0.5) is 0 Å². The first-order valence-corrected chi connectivity index (χ1v) is 5.35. The second-order valence-electron chi connectivity index (χ2n) is 4.34. The Morgan fingerprint density at radius 3 is 2.60 bits per heavy atom. The standard InChI is InChI=1S/C11H12O4/c12-8-2-1-3-9-7(8)6-11(14-9)5-4-10(13)15-11/h1-6H2. The molecule has 0 bridgehead atoms. The van der Waals surface area contributed by atoms with Crippen molar-refractivity contribution in [3.8, 4) is 0 Å². The lowest BCUT2D eigenvalue weighted by Gasteiger charge is -2.22. The maximum Gasteiger partial charge on any atom is 0.309 e. The van der Waals surface area contributed by atoms with Crippen LogP contribution in [0, 0.1) is 0 Å². The predicted octanol–water partition coefficient (Wildman–Crippen LogP) is 1.45. The smallest absolute Gasteiger partial charge is 0.309 e. The van der Waals surface area contributed by atoms with Crippen LogP contribution in [0.1, 0.15) is 38.5 Å². The highest BCUT2D eigenvalue weighted by molar-refractivity contribution is 5.97. The zero-order chi connectivity index (χ0) is 10.5. The van der Waals surface area contributed by atoms with E-state index in [1.165, 1.54) is 0 Å². The van der Waals surface area contributed by atoms with Gasteiger partial charge in [-0.05, 0) is 6.42 Å². The molecule has 1 atom stereocenters. The van der Waals surface area contributed by atoms with Gasteiger partial charge in [0.05, 0.1) is 12.8 Å². The van der Waals surface area contributed by atoms with E-state index in [1.54, 1.807) is 0 Å². The van der Waals surface area contributed by atoms with E-state index >= 15 is 0 Å². The number of allylic oxidation sites excluding steroid dienone is 1. The molecule has 0 N–H and O–H groups in total. The Labute approximate surface area is 87.2 Å². The van der Waals surface area contributed by atoms with Crippen molar-refractivity contribution in [2.45, 2.75) is 44.3 Å². The van der Waals surface area contributed by atoms with E-state index in [0.29, 0.717) is 25.7 Å². The molecule has 80 valence electrons. The van der Waals surface area contributed by atoms with Gasteiger partial charge >= 0.3 is 5.97 Å². The van der Waals surface area contributed by atoms with E-state index in [0.717, 1.165) is 24.2 Å². The number of hydrogen-bond acceptors (Lipinski definition) is 4. The van der Waals surface area contributed by atoms with Crippen LogP contribution in [0.2, 0.25) is 0 Å². The van der Waals surface area contributed by atoms with Gasteiger partial charge in [-0.1, -0.05) is 0 Å². The molecule has 1 unspecified atom stereocenters. The largest absolute Gasteiger partial charge is 0.456 e. The molecule has 0 aromatic heterocycles. The summed E-state index contributed by atoms with van der Waals surface area (Å²) >= 11 is 0. The molecule has 2 aliphatic heterocycles. The first-order valence-electron chi connectivity index (χ1n) is 5.35. The van der Waals surface area contributed by atoms with Crippen molar-refractivity contribution in [1.29, 1.82) is 0 Å². The highest BCUT2D eigenvalue weighted by Crippen LogP contribution is 2.45. The molecule has 4 nitrogen and oxygen atoms in total. The van der Waals surface area contributed by atoms with Crippen molar-refractivity contribution < 1.29 is 19.1 Å². The van der Waals surface area contributed by atoms with Gasteiger partial charge in [0.1, 0.15) is 5.76 Å². The van der Waals surface area contributed by atoms with Crippen LogP contribution in [0.5, 0.6) is 0 Å². The number of Topliss-reactive ketones (excluding diaryl/α,β-unsaturated/α-hetero) is 1. The SMILES string of the molecule is O=C1CCC2(CC3=C(CCCC3=O)O2)O1. The third-order valence-electron chi connectivity index (χ3n) is 3.25. The van der Waals surface area contributed by atoms with Gasteiger partial charge in [0.2, 0.25) is 0 Å². The molecule has 0 aromatic rings. The van der Waals surface area contributed by atoms with Crippen molar-refractivity contribution in [2.24, 2.45) is 0 Å². The van der Waals surface area contributed by atoms with Crippen LogP contribution in [-0.2, 0) is 19.1 Å². The number of ether oxygens (including phenoxy) is 2. The molecule has 1 spiro atoms. The van der Waals surface area contributed by atoms with Crippen LogP contribution < -0.4 is 0 Å². The summed E-state index contributed by atoms with van der Waals surface area (Å²) in [5.74, 6) is -0.110. The lowest BCUT2D eigenvalue weighted by Crippen LogP contribution is -2.27. The minimum absolute atomic E-state index is 0.163. The number of ketones is 1. The average Bonchev–Trinajstić information content (AvgIpc) is 2.72. The van der Waals surface area contributed by atoms with Crippen LogP contribution >= 0.6 is 0 Å². The topological polar surface area (TPSA) is 52.6 Å². The number of esters is 1. The normalized spacial score (nSPS) is 34.4. The molecule has 0 aromatic carbocycles. The van der Waals surface area contributed by atoms with E-state index in [9.17, 15) is 9.59 Å². The Balaban J connectivity index is 1.86. The lowest BCUT2D eigenvalue weighted by molar-refractivity contribution is -0.188. The fraction of sp³-hybridized carbons (Fsp3) is 0.636. The molecular formula is C11H12O4. The van der Waals surface area contributed by atoms with E-state index < -0.39 is 5.79 Å². The molecule has 3 rings (SSSR count). The number of hydrogen-bond donors (Lipinski definition) is 0. The van der Waals surface area contributed by atoms with E-state index in [-0.39, 0.29) is 11.8 Å². The van der Waals surface area contributed by atoms with Gasteiger partial charge in [0.15, 0.2) is 5.78 Å². The summed E-state index contributed by atoms with van der Waals surface area (Å²) in [5.41, 5.74) is 0.760. The summed E-state index contributed by atoms with van der Waals surface area (Å²) in [6.45, 7) is 0. The van der Waals surface area contributed by atoms with Crippen LogP contribution in [0.3, 0.4) is 0 Å². The highest BCUT2D eigenvalue weighted by Gasteiger charge is 2.50. The quantitative estimate of drug-likeness (QED) is 0.565. The molecule has 1 saturated heterocycles. The number of carbonyl (C=O) groups is 2. The van der Waals surface area contributed by atoms with Gasteiger partial charge in [0, 0.05) is 24.8 Å². The van der Waals surface area contributed by atoms with Crippen molar-refractivity contribution in [3.63, 3.8) is 0 Å². The predicted molar refractivity (Wildman–Crippen MR) is 49.6 cm³/mol. The van der Waals surface area contributed by atoms with E-state index in [4.69, 9.17) is 9.47 Å². The molecule has 0 radical (unpaired) electrons. The molecule has 15 heavy (non-hydrogen) atoms. The maximum absolute atomic E-state index is 11.6. The zero-order valence-electron chi connectivity index (χ0n) is 8.38. The van der Waals surface area contributed by atoms with Crippen LogP contribution in [0.25, 0.3) is 0 Å². The molecular weight excluding hydrogens is 196 g/mol. The van der Waals surface area contributed by atoms with Crippen molar-refractivity contribution >= 4 is 11.8 Å². The van der Waals surface area contributed by atoms with E-state index in [2.05, 4.69) is 0 Å². The molecule has 1 fully saturated rings. The Morgan fingerprint density at radius 1 is 1.07 bits per heavy atom. The highest BCUT2D eigenvalue weighted by atomic mass is 16.7. The monoisotopic (exact) mass is 208 g/mol. The molecule has 1 aliphatic carbocycles. The summed E-state index contributed by atoms with van der Waals surface area (Å²) in [7, 11) is 0. The molecule has 2 heterocycles. The van der Waals surface area contributed by atoms with Gasteiger partial charge < -0.3 is 9.47 Å². The first-order chi connectivity index (χ1) is 7.19. The summed E-state index contributed by atoms with van der Waals surface area (Å²) in [6.07, 6.45) is 3.70. The molecule has 0 amide bonds. The Morgan fingerprint density at radius 2 is 1.93 bits per heavy atom. The van der Waals surface area contributed by atoms with Gasteiger partial charge in [-0.25, -0.2) is 0 Å². The first kappa shape index (κ1) is 8.95. The third-order valence-corrected chi connectivity index (χ3v) is 3.25. The van der Waals surface area contributed by atoms with Gasteiger partial charge in [0.25, 0.3) is 5.79 Å². The summed E-state index contributed by atoms with van der Waals surface area (Å²) < 4.78 is 10.9. The fourth-order valence-corrected chi connectivity index (χ4v) is 2.50. The van der Waals surface area contributed by atoms with Gasteiger partial charge in [-0.3, -0.25) is 9.59 Å². The Hall–Kier alpha value is -1.32. The minimum atomic E-state index is -0.818. The maximum atomic E-state index is 11.6. The number of rotatable bonds is 0. The second kappa shape index (κ2) is 2.84. The summed E-state index contributed by atoms with van der Waals surface area (Å²) in [6, 6.07) is 0. The van der Waals surface area contributed by atoms with Crippen LogP contribution in [0.15, 0.2) is 11.3 Å². The van der Waals surface area contributed by atoms with Crippen molar-refractivity contribution in [3.05, 3.63) is 11.3 Å². The molecule has 3 aliphatic rings. The fourth-order valence-electron chi connectivity index (χ4n) is 2.50. The number of carbonyl (C=O) groups excluding carboxylic acids is 2. The van der Waals surface area contributed by atoms with Gasteiger partial charge in [-0.2, -0.15) is 0 Å². The minimum Gasteiger partial charge on any atom is -0.456 e. The zero-order valence-corrected chi connectivity index (χ0v) is 8.38. The van der Waals surface area contributed by atoms with Crippen molar-refractivity contribution in [1.82, 2.24) is 0 Å². The molecule has 4 heteroatoms. The average molecular weight is 208 g/mol. The summed E-state index contributed by atoms with van der Waals surface area (Å²) in [4.78, 5) is 22.7. The van der Waals surface area contributed by atoms with Crippen LogP contribution in [-0.4, -0.2) is 17.5 Å².